The molecule has 0 bridgehead atoms. The highest BCUT2D eigenvalue weighted by Gasteiger charge is 2.42. The zero-order chi connectivity index (χ0) is 11.4. The van der Waals surface area contributed by atoms with Crippen molar-refractivity contribution in [3.63, 3.8) is 0 Å². The topological polar surface area (TPSA) is 44.1 Å². The quantitative estimate of drug-likeness (QED) is 0.706. The van der Waals surface area contributed by atoms with Crippen LogP contribution in [0.3, 0.4) is 0 Å². The van der Waals surface area contributed by atoms with E-state index in [1.165, 1.54) is 13.8 Å². The fourth-order valence-corrected chi connectivity index (χ4v) is 0.906. The number of amides is 1. The first kappa shape index (κ1) is 12.8. The number of hydrogen-bond donors (Lipinski definition) is 0. The van der Waals surface area contributed by atoms with Gasteiger partial charge < -0.3 is 4.90 Å². The van der Waals surface area contributed by atoms with Crippen LogP contribution in [-0.2, 0) is 4.79 Å². The van der Waals surface area contributed by atoms with E-state index in [1.54, 1.807) is 6.07 Å². The van der Waals surface area contributed by atoms with Crippen LogP contribution in [0.2, 0.25) is 0 Å². The maximum atomic E-state index is 12.0. The molecule has 0 heterocycles. The van der Waals surface area contributed by atoms with Crippen molar-refractivity contribution < 1.29 is 18.0 Å². The first-order valence-electron chi connectivity index (χ1n) is 4.08. The summed E-state index contributed by atoms with van der Waals surface area (Å²) in [5.74, 6) is -2.48. The molecule has 0 radical (unpaired) electrons. The van der Waals surface area contributed by atoms with Crippen LogP contribution in [-0.4, -0.2) is 30.1 Å². The van der Waals surface area contributed by atoms with E-state index in [4.69, 9.17) is 5.26 Å². The first-order chi connectivity index (χ1) is 6.32. The van der Waals surface area contributed by atoms with E-state index in [1.807, 2.05) is 0 Å². The Bertz CT molecular complexity index is 244. The normalized spacial score (nSPS) is 13.1. The van der Waals surface area contributed by atoms with E-state index in [2.05, 4.69) is 0 Å². The Morgan fingerprint density at radius 2 is 2.07 bits per heavy atom. The molecule has 0 fully saturated rings. The fourth-order valence-electron chi connectivity index (χ4n) is 0.906. The molecule has 1 atom stereocenters. The summed E-state index contributed by atoms with van der Waals surface area (Å²) in [5.41, 5.74) is 0. The smallest absolute Gasteiger partial charge is 0.334 e. The Hall–Kier alpha value is -1.25. The average Bonchev–Trinajstić information content (AvgIpc) is 2.11. The van der Waals surface area contributed by atoms with Crippen molar-refractivity contribution in [1.82, 2.24) is 4.90 Å². The second kappa shape index (κ2) is 4.84. The highest BCUT2D eigenvalue weighted by Crippen LogP contribution is 2.18. The number of hydrogen-bond acceptors (Lipinski definition) is 2. The minimum Gasteiger partial charge on any atom is -0.334 e. The van der Waals surface area contributed by atoms with Gasteiger partial charge in [0.2, 0.25) is 0 Å². The van der Waals surface area contributed by atoms with Gasteiger partial charge in [0.1, 0.15) is 0 Å². The van der Waals surface area contributed by atoms with Gasteiger partial charge >= 0.3 is 12.1 Å². The van der Waals surface area contributed by atoms with Gasteiger partial charge in [-0.25, -0.2) is 0 Å². The summed E-state index contributed by atoms with van der Waals surface area (Å²) in [5, 5.41) is 8.39. The van der Waals surface area contributed by atoms with E-state index in [-0.39, 0.29) is 13.1 Å². The number of halogens is 3. The Morgan fingerprint density at radius 3 is 2.36 bits per heavy atom. The summed E-state index contributed by atoms with van der Waals surface area (Å²) in [6, 6.07) is 1.77. The molecule has 0 saturated carbocycles. The lowest BCUT2D eigenvalue weighted by Gasteiger charge is -2.22. The van der Waals surface area contributed by atoms with Crippen LogP contribution in [0.5, 0.6) is 0 Å². The summed E-state index contributed by atoms with van der Waals surface area (Å²) < 4.78 is 35.9. The van der Waals surface area contributed by atoms with E-state index in [0.29, 0.717) is 4.90 Å². The van der Waals surface area contributed by atoms with E-state index in [9.17, 15) is 18.0 Å². The number of nitriles is 1. The number of rotatable bonds is 3. The molecule has 0 rings (SSSR count). The molecule has 6 heteroatoms. The van der Waals surface area contributed by atoms with Crippen molar-refractivity contribution in [2.45, 2.75) is 20.0 Å². The first-order valence-corrected chi connectivity index (χ1v) is 4.08. The van der Waals surface area contributed by atoms with Gasteiger partial charge in [0, 0.05) is 13.1 Å². The number of alkyl halides is 3. The van der Waals surface area contributed by atoms with Crippen LogP contribution in [0.4, 0.5) is 13.2 Å². The predicted molar refractivity (Wildman–Crippen MR) is 43.1 cm³/mol. The van der Waals surface area contributed by atoms with Gasteiger partial charge in [-0.3, -0.25) is 4.79 Å². The van der Waals surface area contributed by atoms with Crippen molar-refractivity contribution in [3.8, 4) is 6.07 Å². The molecular formula is C8H11F3N2O. The lowest BCUT2D eigenvalue weighted by molar-refractivity contribution is -0.185. The molecule has 0 aromatic rings. The third-order valence-corrected chi connectivity index (χ3v) is 1.63. The van der Waals surface area contributed by atoms with E-state index < -0.39 is 18.0 Å². The van der Waals surface area contributed by atoms with Gasteiger partial charge in [0.15, 0.2) is 0 Å². The second-order valence-corrected chi connectivity index (χ2v) is 2.87. The molecule has 0 saturated heterocycles. The Kier molecular flexibility index (Phi) is 4.41. The molecule has 0 aromatic carbocycles. The predicted octanol–water partition coefficient (Wildman–Crippen LogP) is 1.56. The van der Waals surface area contributed by atoms with E-state index in [0.717, 1.165) is 0 Å². The average molecular weight is 208 g/mol. The fraction of sp³-hybridized carbons (Fsp3) is 0.750. The maximum absolute atomic E-state index is 12.0. The Morgan fingerprint density at radius 1 is 1.57 bits per heavy atom. The van der Waals surface area contributed by atoms with Gasteiger partial charge in [-0.2, -0.15) is 18.4 Å². The minimum atomic E-state index is -4.86. The van der Waals surface area contributed by atoms with Crippen molar-refractivity contribution in [2.24, 2.45) is 5.92 Å². The van der Waals surface area contributed by atoms with Crippen LogP contribution in [0.25, 0.3) is 0 Å². The van der Waals surface area contributed by atoms with Crippen molar-refractivity contribution in [3.05, 3.63) is 0 Å². The monoisotopic (exact) mass is 208 g/mol. The SMILES string of the molecule is CCN(CC(C)C#N)C(=O)C(F)(F)F. The van der Waals surface area contributed by atoms with Gasteiger partial charge in [-0.05, 0) is 13.8 Å². The standard InChI is InChI=1S/C8H11F3N2O/c1-3-13(5-6(2)4-12)7(14)8(9,10)11/h6H,3,5H2,1-2H3. The minimum absolute atomic E-state index is 0.0512. The number of carbonyl (C=O) groups is 1. The van der Waals surface area contributed by atoms with Crippen LogP contribution in [0.15, 0.2) is 0 Å². The molecule has 1 unspecified atom stereocenters. The zero-order valence-corrected chi connectivity index (χ0v) is 7.93. The van der Waals surface area contributed by atoms with Crippen LogP contribution < -0.4 is 0 Å². The van der Waals surface area contributed by atoms with Crippen molar-refractivity contribution in [1.29, 1.82) is 5.26 Å². The molecular weight excluding hydrogens is 197 g/mol. The highest BCUT2D eigenvalue weighted by molar-refractivity contribution is 5.81. The summed E-state index contributed by atoms with van der Waals surface area (Å²) in [6.07, 6.45) is -4.86. The van der Waals surface area contributed by atoms with Gasteiger partial charge in [-0.15, -0.1) is 0 Å². The summed E-state index contributed by atoms with van der Waals surface area (Å²) in [7, 11) is 0. The molecule has 0 aliphatic rings. The largest absolute Gasteiger partial charge is 0.471 e. The zero-order valence-electron chi connectivity index (χ0n) is 7.93. The van der Waals surface area contributed by atoms with Crippen LogP contribution in [0, 0.1) is 17.2 Å². The van der Waals surface area contributed by atoms with Gasteiger partial charge in [0.05, 0.1) is 12.0 Å². The molecule has 0 spiro atoms. The van der Waals surface area contributed by atoms with Gasteiger partial charge in [-0.1, -0.05) is 0 Å². The molecule has 14 heavy (non-hydrogen) atoms. The lowest BCUT2D eigenvalue weighted by Crippen LogP contribution is -2.42. The van der Waals surface area contributed by atoms with Crippen LogP contribution in [0.1, 0.15) is 13.8 Å². The molecule has 0 aliphatic heterocycles. The molecule has 80 valence electrons. The van der Waals surface area contributed by atoms with Crippen molar-refractivity contribution in [2.75, 3.05) is 13.1 Å². The third kappa shape index (κ3) is 3.64. The van der Waals surface area contributed by atoms with Crippen LogP contribution >= 0.6 is 0 Å². The molecule has 0 aliphatic carbocycles. The van der Waals surface area contributed by atoms with E-state index >= 15 is 0 Å². The molecule has 0 N–H and O–H groups in total. The summed E-state index contributed by atoms with van der Waals surface area (Å²) in [6.45, 7) is 2.66. The molecule has 1 amide bonds. The number of carbonyl (C=O) groups excluding carboxylic acids is 1. The van der Waals surface area contributed by atoms with Crippen molar-refractivity contribution >= 4 is 5.91 Å². The number of nitrogens with zero attached hydrogens (tertiary/aromatic N) is 2. The lowest BCUT2D eigenvalue weighted by atomic mass is 10.2. The second-order valence-electron chi connectivity index (χ2n) is 2.87. The maximum Gasteiger partial charge on any atom is 0.471 e. The Labute approximate surface area is 80.1 Å². The summed E-state index contributed by atoms with van der Waals surface area (Å²) in [4.78, 5) is 11.4. The Balaban J connectivity index is 4.44. The molecule has 0 aromatic heterocycles. The third-order valence-electron chi connectivity index (χ3n) is 1.63. The highest BCUT2D eigenvalue weighted by atomic mass is 19.4. The molecule has 3 nitrogen and oxygen atoms in total. The summed E-state index contributed by atoms with van der Waals surface area (Å²) >= 11 is 0. The van der Waals surface area contributed by atoms with Gasteiger partial charge in [0.25, 0.3) is 0 Å².